The number of halogens is 3. The zero-order valence-electron chi connectivity index (χ0n) is 10.2. The van der Waals surface area contributed by atoms with Crippen LogP contribution in [0.25, 0.3) is 0 Å². The fourth-order valence-electron chi connectivity index (χ4n) is 1.93. The molecule has 2 rings (SSSR count). The molecular weight excluding hydrogens is 308 g/mol. The normalized spacial score (nSPS) is 18.8. The number of alkyl halides is 2. The Bertz CT molecular complexity index is 456. The third-order valence-electron chi connectivity index (χ3n) is 2.84. The Hall–Kier alpha value is -0.980. The molecule has 18 heavy (non-hydrogen) atoms. The van der Waals surface area contributed by atoms with Gasteiger partial charge in [-0.3, -0.25) is 0 Å². The number of aryl methyl sites for hydroxylation is 1. The molecule has 1 fully saturated rings. The topological polar surface area (TPSA) is 38.2 Å². The van der Waals surface area contributed by atoms with Gasteiger partial charge in [-0.05, 0) is 29.3 Å². The van der Waals surface area contributed by atoms with Gasteiger partial charge < -0.3 is 9.64 Å². The van der Waals surface area contributed by atoms with Gasteiger partial charge in [0.2, 0.25) is 11.8 Å². The maximum Gasteiger partial charge on any atom is 0.265 e. The summed E-state index contributed by atoms with van der Waals surface area (Å²) in [5.74, 6) is -2.01. The molecule has 0 atom stereocenters. The number of methoxy groups -OCH3 is 1. The van der Waals surface area contributed by atoms with Crippen LogP contribution in [-0.4, -0.2) is 36.1 Å². The van der Waals surface area contributed by atoms with Gasteiger partial charge in [-0.2, -0.15) is 4.98 Å². The molecule has 1 aliphatic rings. The van der Waals surface area contributed by atoms with E-state index in [9.17, 15) is 8.78 Å². The number of hydrogen-bond acceptors (Lipinski definition) is 4. The Morgan fingerprint density at radius 2 is 2.11 bits per heavy atom. The Morgan fingerprint density at radius 1 is 1.39 bits per heavy atom. The van der Waals surface area contributed by atoms with Crippen LogP contribution in [0.2, 0.25) is 0 Å². The van der Waals surface area contributed by atoms with Crippen molar-refractivity contribution in [1.29, 1.82) is 0 Å². The number of ether oxygens (including phenoxy) is 1. The molecule has 0 aliphatic carbocycles. The van der Waals surface area contributed by atoms with E-state index in [-0.39, 0.29) is 13.0 Å². The predicted octanol–water partition coefficient (Wildman–Crippen LogP) is 2.79. The van der Waals surface area contributed by atoms with Crippen molar-refractivity contribution < 1.29 is 13.5 Å². The van der Waals surface area contributed by atoms with E-state index >= 15 is 0 Å². The highest BCUT2D eigenvalue weighted by Gasteiger charge is 2.36. The average molecular weight is 322 g/mol. The van der Waals surface area contributed by atoms with Crippen molar-refractivity contribution in [3.05, 3.63) is 10.2 Å². The minimum atomic E-state index is -2.67. The van der Waals surface area contributed by atoms with Gasteiger partial charge in [0.1, 0.15) is 4.47 Å². The molecule has 4 nitrogen and oxygen atoms in total. The van der Waals surface area contributed by atoms with E-state index in [1.54, 1.807) is 6.92 Å². The van der Waals surface area contributed by atoms with Crippen molar-refractivity contribution in [2.24, 2.45) is 0 Å². The molecule has 0 spiro atoms. The second kappa shape index (κ2) is 4.95. The van der Waals surface area contributed by atoms with Crippen LogP contribution in [0.15, 0.2) is 4.47 Å². The fourth-order valence-corrected chi connectivity index (χ4v) is 2.27. The minimum Gasteiger partial charge on any atom is -0.480 e. The number of rotatable bonds is 2. The molecule has 1 aromatic heterocycles. The average Bonchev–Trinajstić information content (AvgIpc) is 2.31. The summed E-state index contributed by atoms with van der Waals surface area (Å²) in [5.41, 5.74) is 0.672. The summed E-state index contributed by atoms with van der Waals surface area (Å²) in [6, 6.07) is 0. The van der Waals surface area contributed by atoms with Crippen LogP contribution >= 0.6 is 15.9 Å². The highest BCUT2D eigenvalue weighted by Crippen LogP contribution is 2.31. The van der Waals surface area contributed by atoms with E-state index in [1.165, 1.54) is 12.0 Å². The van der Waals surface area contributed by atoms with E-state index in [4.69, 9.17) is 4.74 Å². The number of hydrogen-bond donors (Lipinski definition) is 0. The molecule has 0 radical (unpaired) electrons. The molecule has 0 aromatic carbocycles. The second-order valence-electron chi connectivity index (χ2n) is 4.31. The number of piperidine rings is 1. The van der Waals surface area contributed by atoms with Crippen LogP contribution in [0.4, 0.5) is 14.7 Å². The molecule has 0 unspecified atom stereocenters. The van der Waals surface area contributed by atoms with Crippen molar-refractivity contribution >= 4 is 21.9 Å². The van der Waals surface area contributed by atoms with Gasteiger partial charge >= 0.3 is 0 Å². The Labute approximate surface area is 112 Å². The van der Waals surface area contributed by atoms with Gasteiger partial charge in [0.05, 0.1) is 19.3 Å². The fraction of sp³-hybridized carbons (Fsp3) is 0.636. The largest absolute Gasteiger partial charge is 0.480 e. The van der Waals surface area contributed by atoms with Crippen LogP contribution < -0.4 is 9.64 Å². The summed E-state index contributed by atoms with van der Waals surface area (Å²) in [5, 5.41) is 0. The van der Waals surface area contributed by atoms with E-state index < -0.39 is 5.92 Å². The first-order valence-corrected chi connectivity index (χ1v) is 6.43. The van der Waals surface area contributed by atoms with Crippen molar-refractivity contribution in [2.75, 3.05) is 25.1 Å². The maximum absolute atomic E-state index is 13.4. The molecule has 7 heteroatoms. The summed E-state index contributed by atoms with van der Waals surface area (Å²) in [7, 11) is 1.49. The first-order chi connectivity index (χ1) is 8.43. The number of nitrogens with zero attached hydrogens (tertiary/aromatic N) is 3. The Kier molecular flexibility index (Phi) is 3.70. The zero-order chi connectivity index (χ0) is 13.3. The predicted molar refractivity (Wildman–Crippen MR) is 67.4 cm³/mol. The quantitative estimate of drug-likeness (QED) is 0.839. The Balaban J connectivity index is 2.30. The lowest BCUT2D eigenvalue weighted by Crippen LogP contribution is -2.43. The van der Waals surface area contributed by atoms with Crippen molar-refractivity contribution in [3.8, 4) is 5.88 Å². The van der Waals surface area contributed by atoms with Crippen LogP contribution in [0.1, 0.15) is 18.5 Å². The smallest absolute Gasteiger partial charge is 0.265 e. The molecule has 1 aromatic rings. The molecule has 0 bridgehead atoms. The third-order valence-corrected chi connectivity index (χ3v) is 3.76. The molecule has 1 aliphatic heterocycles. The number of anilines is 1. The summed E-state index contributed by atoms with van der Waals surface area (Å²) < 4.78 is 32.5. The lowest BCUT2D eigenvalue weighted by molar-refractivity contribution is -0.0121. The summed E-state index contributed by atoms with van der Waals surface area (Å²) in [4.78, 5) is 9.88. The summed E-state index contributed by atoms with van der Waals surface area (Å²) in [6.45, 7) is 1.98. The summed E-state index contributed by atoms with van der Waals surface area (Å²) in [6.07, 6.45) is 0.365. The molecule has 100 valence electrons. The zero-order valence-corrected chi connectivity index (χ0v) is 11.8. The second-order valence-corrected chi connectivity index (χ2v) is 5.11. The van der Waals surface area contributed by atoms with E-state index in [0.717, 1.165) is 0 Å². The van der Waals surface area contributed by atoms with Gasteiger partial charge in [0.25, 0.3) is 5.92 Å². The molecule has 2 heterocycles. The lowest BCUT2D eigenvalue weighted by Gasteiger charge is -2.32. The lowest BCUT2D eigenvalue weighted by atomic mass is 10.1. The van der Waals surface area contributed by atoms with Gasteiger partial charge in [-0.1, -0.05) is 0 Å². The van der Waals surface area contributed by atoms with E-state index in [1.807, 2.05) is 0 Å². The Morgan fingerprint density at radius 3 is 2.72 bits per heavy atom. The monoisotopic (exact) mass is 321 g/mol. The highest BCUT2D eigenvalue weighted by molar-refractivity contribution is 9.10. The van der Waals surface area contributed by atoms with Gasteiger partial charge in [0, 0.05) is 13.0 Å². The van der Waals surface area contributed by atoms with Gasteiger partial charge in [0.15, 0.2) is 0 Å². The third kappa shape index (κ3) is 2.71. The van der Waals surface area contributed by atoms with E-state index in [0.29, 0.717) is 35.0 Å². The van der Waals surface area contributed by atoms with Crippen LogP contribution in [-0.2, 0) is 0 Å². The first kappa shape index (κ1) is 13.5. The standard InChI is InChI=1S/C11H14BrF2N3O/c1-7-8(12)9(18-2)16-10(15-7)17-5-3-4-11(13,14)6-17/h3-6H2,1-2H3. The molecular formula is C11H14BrF2N3O. The minimum absolute atomic E-state index is 0.0733. The SMILES string of the molecule is COc1nc(N2CCCC(F)(F)C2)nc(C)c1Br. The molecule has 1 saturated heterocycles. The van der Waals surface area contributed by atoms with E-state index in [2.05, 4.69) is 25.9 Å². The van der Waals surface area contributed by atoms with Crippen molar-refractivity contribution in [2.45, 2.75) is 25.7 Å². The van der Waals surface area contributed by atoms with Gasteiger partial charge in [-0.15, -0.1) is 0 Å². The van der Waals surface area contributed by atoms with Crippen LogP contribution in [0, 0.1) is 6.92 Å². The summed E-state index contributed by atoms with van der Waals surface area (Å²) >= 11 is 3.30. The number of aromatic nitrogens is 2. The van der Waals surface area contributed by atoms with Crippen LogP contribution in [0.5, 0.6) is 5.88 Å². The van der Waals surface area contributed by atoms with Gasteiger partial charge in [-0.25, -0.2) is 13.8 Å². The first-order valence-electron chi connectivity index (χ1n) is 5.64. The van der Waals surface area contributed by atoms with Crippen molar-refractivity contribution in [1.82, 2.24) is 9.97 Å². The molecule has 0 N–H and O–H groups in total. The van der Waals surface area contributed by atoms with Crippen molar-refractivity contribution in [3.63, 3.8) is 0 Å². The molecule has 0 saturated carbocycles. The maximum atomic E-state index is 13.4. The highest BCUT2D eigenvalue weighted by atomic mass is 79.9. The molecule has 0 amide bonds. The van der Waals surface area contributed by atoms with Crippen LogP contribution in [0.3, 0.4) is 0 Å².